The highest BCUT2D eigenvalue weighted by molar-refractivity contribution is 7.47. The van der Waals surface area contributed by atoms with E-state index in [1.165, 1.54) is 0 Å². The van der Waals surface area contributed by atoms with Gasteiger partial charge in [0, 0.05) is 6.54 Å². The van der Waals surface area contributed by atoms with Crippen LogP contribution in [0.3, 0.4) is 0 Å². The summed E-state index contributed by atoms with van der Waals surface area (Å²) >= 11 is 0. The minimum absolute atomic E-state index is 0.0656. The molecule has 1 amide bonds. The highest BCUT2D eigenvalue weighted by Crippen LogP contribution is 2.43. The van der Waals surface area contributed by atoms with Crippen molar-refractivity contribution in [3.8, 4) is 0 Å². The molecular weight excluding hydrogens is 241 g/mol. The number of amides is 1. The van der Waals surface area contributed by atoms with E-state index in [0.717, 1.165) is 0 Å². The molecule has 2 atom stereocenters. The van der Waals surface area contributed by atoms with Gasteiger partial charge in [-0.1, -0.05) is 0 Å². The van der Waals surface area contributed by atoms with E-state index in [4.69, 9.17) is 15.1 Å². The number of hydrogen-bond donors (Lipinski definition) is 4. The van der Waals surface area contributed by atoms with Gasteiger partial charge in [0.15, 0.2) is 0 Å². The number of rotatable bonds is 10. The zero-order chi connectivity index (χ0) is 12.4. The van der Waals surface area contributed by atoms with Crippen LogP contribution in [-0.4, -0.2) is 54.0 Å². The van der Waals surface area contributed by atoms with Crippen molar-refractivity contribution in [3.63, 3.8) is 0 Å². The second kappa shape index (κ2) is 8.63. The molecular formula is C7H16NO7P. The maximum atomic E-state index is 11.1. The molecule has 96 valence electrons. The van der Waals surface area contributed by atoms with E-state index in [0.29, 0.717) is 19.4 Å². The predicted molar refractivity (Wildman–Crippen MR) is 53.5 cm³/mol. The molecule has 0 rings (SSSR count). The Labute approximate surface area is 92.8 Å². The van der Waals surface area contributed by atoms with Crippen LogP contribution < -0.4 is 5.32 Å². The van der Waals surface area contributed by atoms with Gasteiger partial charge in [-0.15, -0.1) is 0 Å². The Morgan fingerprint density at radius 3 is 2.69 bits per heavy atom. The van der Waals surface area contributed by atoms with E-state index in [2.05, 4.69) is 14.4 Å². The molecule has 0 fully saturated rings. The van der Waals surface area contributed by atoms with Gasteiger partial charge in [-0.25, -0.2) is 4.57 Å². The quantitative estimate of drug-likeness (QED) is 0.215. The summed E-state index contributed by atoms with van der Waals surface area (Å²) in [6.45, 7) is -0.799. The van der Waals surface area contributed by atoms with E-state index in [1.807, 2.05) is 0 Å². The molecule has 0 aromatic carbocycles. The van der Waals surface area contributed by atoms with E-state index in [1.54, 1.807) is 0 Å². The van der Waals surface area contributed by atoms with Crippen molar-refractivity contribution >= 4 is 14.2 Å². The van der Waals surface area contributed by atoms with E-state index >= 15 is 0 Å². The molecule has 8 nitrogen and oxygen atoms in total. The van der Waals surface area contributed by atoms with Crippen LogP contribution in [-0.2, 0) is 18.4 Å². The normalized spacial score (nSPS) is 16.4. The molecule has 0 aromatic rings. The number of nitrogens with one attached hydrogen (secondary N) is 1. The first-order chi connectivity index (χ1) is 7.52. The third-order valence-corrected chi connectivity index (χ3v) is 2.43. The summed E-state index contributed by atoms with van der Waals surface area (Å²) in [4.78, 5) is 18.9. The van der Waals surface area contributed by atoms with Crippen LogP contribution >= 0.6 is 7.82 Å². The lowest BCUT2D eigenvalue weighted by Crippen LogP contribution is -2.19. The standard InChI is InChI=1S/C7H16NO7P/c9-4-7(11)5-15-16(12,13)14-3-1-2-8-6-10/h6-7,9,11H,1-5H2,(H,8,10)(H,12,13). The summed E-state index contributed by atoms with van der Waals surface area (Å²) in [5, 5.41) is 19.6. The third-order valence-electron chi connectivity index (χ3n) is 1.44. The molecule has 0 aliphatic heterocycles. The Bertz CT molecular complexity index is 237. The Balaban J connectivity index is 3.61. The van der Waals surface area contributed by atoms with E-state index < -0.39 is 27.1 Å². The first kappa shape index (κ1) is 15.5. The van der Waals surface area contributed by atoms with Gasteiger partial charge in [-0.3, -0.25) is 13.8 Å². The first-order valence-electron chi connectivity index (χ1n) is 4.59. The second-order valence-electron chi connectivity index (χ2n) is 2.86. The molecule has 0 aliphatic rings. The average molecular weight is 257 g/mol. The summed E-state index contributed by atoms with van der Waals surface area (Å²) in [5.41, 5.74) is 0. The van der Waals surface area contributed by atoms with Crippen molar-refractivity contribution in [3.05, 3.63) is 0 Å². The van der Waals surface area contributed by atoms with Crippen LogP contribution in [0.1, 0.15) is 6.42 Å². The van der Waals surface area contributed by atoms with Crippen LogP contribution in [0.15, 0.2) is 0 Å². The lowest BCUT2D eigenvalue weighted by molar-refractivity contribution is -0.109. The van der Waals surface area contributed by atoms with Gasteiger partial charge < -0.3 is 20.4 Å². The van der Waals surface area contributed by atoms with Crippen LogP contribution in [0.2, 0.25) is 0 Å². The Morgan fingerprint density at radius 2 is 2.12 bits per heavy atom. The highest BCUT2D eigenvalue weighted by atomic mass is 31.2. The molecule has 0 spiro atoms. The number of phosphoric acid groups is 1. The highest BCUT2D eigenvalue weighted by Gasteiger charge is 2.21. The van der Waals surface area contributed by atoms with Gasteiger partial charge >= 0.3 is 7.82 Å². The molecule has 0 saturated heterocycles. The Kier molecular flexibility index (Phi) is 8.36. The minimum atomic E-state index is -4.20. The summed E-state index contributed by atoms with van der Waals surface area (Å²) in [6.07, 6.45) is -0.359. The molecule has 0 saturated carbocycles. The number of phosphoric ester groups is 1. The maximum absolute atomic E-state index is 11.1. The van der Waals surface area contributed by atoms with Gasteiger partial charge in [0.25, 0.3) is 0 Å². The van der Waals surface area contributed by atoms with Crippen molar-refractivity contribution in [2.24, 2.45) is 0 Å². The maximum Gasteiger partial charge on any atom is 0.472 e. The summed E-state index contributed by atoms with van der Waals surface area (Å²) in [6, 6.07) is 0. The number of hydrogen-bond acceptors (Lipinski definition) is 6. The van der Waals surface area contributed by atoms with Crippen LogP contribution in [0, 0.1) is 0 Å². The SMILES string of the molecule is O=CNCCCOP(=O)(O)OCC(O)CO. The first-order valence-corrected chi connectivity index (χ1v) is 6.09. The van der Waals surface area contributed by atoms with Crippen molar-refractivity contribution in [2.45, 2.75) is 12.5 Å². The molecule has 4 N–H and O–H groups in total. The summed E-state index contributed by atoms with van der Waals surface area (Å²) in [7, 11) is -4.20. The summed E-state index contributed by atoms with van der Waals surface area (Å²) in [5.74, 6) is 0. The number of carbonyl (C=O) groups is 1. The molecule has 2 unspecified atom stereocenters. The van der Waals surface area contributed by atoms with Crippen LogP contribution in [0.25, 0.3) is 0 Å². The molecule has 0 radical (unpaired) electrons. The van der Waals surface area contributed by atoms with Crippen molar-refractivity contribution in [1.29, 1.82) is 0 Å². The molecule has 0 bridgehead atoms. The van der Waals surface area contributed by atoms with Crippen molar-refractivity contribution in [1.82, 2.24) is 5.32 Å². The monoisotopic (exact) mass is 257 g/mol. The zero-order valence-electron chi connectivity index (χ0n) is 8.61. The van der Waals surface area contributed by atoms with E-state index in [-0.39, 0.29) is 6.61 Å². The lowest BCUT2D eigenvalue weighted by Gasteiger charge is -2.13. The van der Waals surface area contributed by atoms with Gasteiger partial charge in [0.05, 0.1) is 19.8 Å². The third kappa shape index (κ3) is 8.78. The molecule has 0 aromatic heterocycles. The molecule has 0 heterocycles. The fourth-order valence-electron chi connectivity index (χ4n) is 0.683. The Hall–Kier alpha value is -0.500. The molecule has 0 aliphatic carbocycles. The smallest absolute Gasteiger partial charge is 0.394 e. The van der Waals surface area contributed by atoms with Gasteiger partial charge in [0.1, 0.15) is 6.10 Å². The minimum Gasteiger partial charge on any atom is -0.394 e. The number of aliphatic hydroxyl groups is 2. The van der Waals surface area contributed by atoms with Gasteiger partial charge in [0.2, 0.25) is 6.41 Å². The van der Waals surface area contributed by atoms with Gasteiger partial charge in [-0.05, 0) is 6.42 Å². The topological polar surface area (TPSA) is 125 Å². The number of aliphatic hydroxyl groups excluding tert-OH is 2. The van der Waals surface area contributed by atoms with Crippen LogP contribution in [0.5, 0.6) is 0 Å². The lowest BCUT2D eigenvalue weighted by atomic mass is 10.4. The van der Waals surface area contributed by atoms with Crippen molar-refractivity contribution in [2.75, 3.05) is 26.4 Å². The largest absolute Gasteiger partial charge is 0.472 e. The predicted octanol–water partition coefficient (Wildman–Crippen LogP) is -1.39. The fraction of sp³-hybridized carbons (Fsp3) is 0.857. The molecule has 16 heavy (non-hydrogen) atoms. The van der Waals surface area contributed by atoms with Gasteiger partial charge in [-0.2, -0.15) is 0 Å². The molecule has 9 heteroatoms. The van der Waals surface area contributed by atoms with Crippen LogP contribution in [0.4, 0.5) is 0 Å². The Morgan fingerprint density at radius 1 is 1.44 bits per heavy atom. The zero-order valence-corrected chi connectivity index (χ0v) is 9.51. The second-order valence-corrected chi connectivity index (χ2v) is 4.31. The number of carbonyl (C=O) groups excluding carboxylic acids is 1. The fourth-order valence-corrected chi connectivity index (χ4v) is 1.48. The summed E-state index contributed by atoms with van der Waals surface area (Å²) < 4.78 is 20.0. The average Bonchev–Trinajstić information content (AvgIpc) is 2.25. The van der Waals surface area contributed by atoms with E-state index in [9.17, 15) is 9.36 Å². The van der Waals surface area contributed by atoms with Crippen molar-refractivity contribution < 1.29 is 33.5 Å².